The minimum atomic E-state index is -4.41. The first-order valence-electron chi connectivity index (χ1n) is 5.49. The SMILES string of the molecule is COc1ccc(C)cc1/C=C/C(=O)NCC(F)(F)F. The molecule has 0 bridgehead atoms. The summed E-state index contributed by atoms with van der Waals surface area (Å²) in [5.74, 6) is -0.258. The molecule has 0 radical (unpaired) electrons. The summed E-state index contributed by atoms with van der Waals surface area (Å²) in [6.07, 6.45) is -1.95. The van der Waals surface area contributed by atoms with Crippen LogP contribution in [0.3, 0.4) is 0 Å². The van der Waals surface area contributed by atoms with Gasteiger partial charge in [0.15, 0.2) is 0 Å². The molecule has 0 spiro atoms. The average Bonchev–Trinajstić information content (AvgIpc) is 2.33. The van der Waals surface area contributed by atoms with Gasteiger partial charge in [0, 0.05) is 11.6 Å². The molecule has 0 aliphatic rings. The number of alkyl halides is 3. The van der Waals surface area contributed by atoms with Crippen molar-refractivity contribution in [3.05, 3.63) is 35.4 Å². The van der Waals surface area contributed by atoms with Crippen LogP contribution < -0.4 is 10.1 Å². The van der Waals surface area contributed by atoms with Crippen LogP contribution in [0, 0.1) is 6.92 Å². The molecule has 0 saturated carbocycles. The van der Waals surface area contributed by atoms with E-state index in [0.29, 0.717) is 11.3 Å². The number of halogens is 3. The molecule has 0 saturated heterocycles. The number of methoxy groups -OCH3 is 1. The maximum Gasteiger partial charge on any atom is 0.405 e. The van der Waals surface area contributed by atoms with Gasteiger partial charge in [0.25, 0.3) is 0 Å². The van der Waals surface area contributed by atoms with Crippen LogP contribution in [-0.4, -0.2) is 25.7 Å². The van der Waals surface area contributed by atoms with E-state index in [0.717, 1.165) is 11.6 Å². The standard InChI is InChI=1S/C13H14F3NO2/c1-9-3-5-11(19-2)10(7-9)4-6-12(18)17-8-13(14,15)16/h3-7H,8H2,1-2H3,(H,17,18)/b6-4+. The normalized spacial score (nSPS) is 11.6. The molecule has 1 N–H and O–H groups in total. The zero-order chi connectivity index (χ0) is 14.5. The molecule has 3 nitrogen and oxygen atoms in total. The van der Waals surface area contributed by atoms with E-state index >= 15 is 0 Å². The number of nitrogens with one attached hydrogen (secondary N) is 1. The first-order chi connectivity index (χ1) is 8.81. The first-order valence-corrected chi connectivity index (χ1v) is 5.49. The quantitative estimate of drug-likeness (QED) is 0.857. The third kappa shape index (κ3) is 5.46. The van der Waals surface area contributed by atoms with E-state index in [1.54, 1.807) is 17.4 Å². The van der Waals surface area contributed by atoms with Gasteiger partial charge in [0.05, 0.1) is 7.11 Å². The van der Waals surface area contributed by atoms with Crippen LogP contribution in [0.25, 0.3) is 6.08 Å². The minimum absolute atomic E-state index is 0.547. The molecule has 0 aliphatic carbocycles. The van der Waals surface area contributed by atoms with Gasteiger partial charge >= 0.3 is 6.18 Å². The lowest BCUT2D eigenvalue weighted by Crippen LogP contribution is -2.32. The summed E-state index contributed by atoms with van der Waals surface area (Å²) < 4.78 is 40.8. The fourth-order valence-corrected chi connectivity index (χ4v) is 1.40. The molecule has 19 heavy (non-hydrogen) atoms. The van der Waals surface area contributed by atoms with E-state index in [1.807, 2.05) is 13.0 Å². The van der Waals surface area contributed by atoms with Crippen molar-refractivity contribution < 1.29 is 22.7 Å². The molecule has 1 rings (SSSR count). The van der Waals surface area contributed by atoms with Gasteiger partial charge in [-0.2, -0.15) is 13.2 Å². The van der Waals surface area contributed by atoms with Crippen molar-refractivity contribution in [2.45, 2.75) is 13.1 Å². The van der Waals surface area contributed by atoms with E-state index in [1.165, 1.54) is 13.2 Å². The fourth-order valence-electron chi connectivity index (χ4n) is 1.40. The molecule has 1 aromatic rings. The fraction of sp³-hybridized carbons (Fsp3) is 0.308. The highest BCUT2D eigenvalue weighted by molar-refractivity contribution is 5.92. The van der Waals surface area contributed by atoms with Crippen molar-refractivity contribution >= 4 is 12.0 Å². The van der Waals surface area contributed by atoms with E-state index < -0.39 is 18.6 Å². The zero-order valence-corrected chi connectivity index (χ0v) is 10.5. The summed E-state index contributed by atoms with van der Waals surface area (Å²) >= 11 is 0. The smallest absolute Gasteiger partial charge is 0.405 e. The number of hydrogen-bond acceptors (Lipinski definition) is 2. The number of carbonyl (C=O) groups excluding carboxylic acids is 1. The highest BCUT2D eigenvalue weighted by Crippen LogP contribution is 2.20. The Kier molecular flexibility index (Phi) is 4.97. The summed E-state index contributed by atoms with van der Waals surface area (Å²) in [6.45, 7) is 0.516. The molecule has 0 heterocycles. The Morgan fingerprint density at radius 3 is 2.68 bits per heavy atom. The highest BCUT2D eigenvalue weighted by atomic mass is 19.4. The van der Waals surface area contributed by atoms with Gasteiger partial charge < -0.3 is 10.1 Å². The van der Waals surface area contributed by atoms with E-state index in [-0.39, 0.29) is 0 Å². The summed E-state index contributed by atoms with van der Waals surface area (Å²) in [5.41, 5.74) is 1.58. The molecule has 1 amide bonds. The number of ether oxygens (including phenoxy) is 1. The molecule has 104 valence electrons. The van der Waals surface area contributed by atoms with Crippen molar-refractivity contribution in [3.63, 3.8) is 0 Å². The number of rotatable bonds is 4. The lowest BCUT2D eigenvalue weighted by Gasteiger charge is -2.07. The third-order valence-corrected chi connectivity index (χ3v) is 2.26. The molecule has 0 unspecified atom stereocenters. The Labute approximate surface area is 109 Å². The number of hydrogen-bond donors (Lipinski definition) is 1. The van der Waals surface area contributed by atoms with Crippen molar-refractivity contribution in [3.8, 4) is 5.75 Å². The maximum atomic E-state index is 11.9. The van der Waals surface area contributed by atoms with Crippen LogP contribution >= 0.6 is 0 Å². The number of benzene rings is 1. The lowest BCUT2D eigenvalue weighted by molar-refractivity contribution is -0.135. The third-order valence-electron chi connectivity index (χ3n) is 2.26. The summed E-state index contributed by atoms with van der Waals surface area (Å²) in [5, 5.41) is 1.75. The Morgan fingerprint density at radius 2 is 2.11 bits per heavy atom. The van der Waals surface area contributed by atoms with Crippen molar-refractivity contribution in [1.29, 1.82) is 0 Å². The minimum Gasteiger partial charge on any atom is -0.496 e. The van der Waals surface area contributed by atoms with Crippen molar-refractivity contribution in [2.75, 3.05) is 13.7 Å². The van der Waals surface area contributed by atoms with Gasteiger partial charge in [-0.1, -0.05) is 11.6 Å². The summed E-state index contributed by atoms with van der Waals surface area (Å²) in [6, 6.07) is 5.33. The second-order valence-corrected chi connectivity index (χ2v) is 3.91. The highest BCUT2D eigenvalue weighted by Gasteiger charge is 2.27. The van der Waals surface area contributed by atoms with Crippen LogP contribution in [0.5, 0.6) is 5.75 Å². The monoisotopic (exact) mass is 273 g/mol. The second-order valence-electron chi connectivity index (χ2n) is 3.91. The topological polar surface area (TPSA) is 38.3 Å². The Balaban J connectivity index is 2.71. The van der Waals surface area contributed by atoms with Crippen LogP contribution in [0.15, 0.2) is 24.3 Å². The number of aryl methyl sites for hydroxylation is 1. The zero-order valence-electron chi connectivity index (χ0n) is 10.5. The van der Waals surface area contributed by atoms with E-state index in [2.05, 4.69) is 0 Å². The Morgan fingerprint density at radius 1 is 1.42 bits per heavy atom. The molecule has 0 aliphatic heterocycles. The average molecular weight is 273 g/mol. The number of amides is 1. The lowest BCUT2D eigenvalue weighted by atomic mass is 10.1. The molecule has 0 aromatic heterocycles. The Hall–Kier alpha value is -1.98. The van der Waals surface area contributed by atoms with Crippen LogP contribution in [0.2, 0.25) is 0 Å². The van der Waals surface area contributed by atoms with Crippen LogP contribution in [-0.2, 0) is 4.79 Å². The van der Waals surface area contributed by atoms with Gasteiger partial charge in [-0.15, -0.1) is 0 Å². The molecular weight excluding hydrogens is 259 g/mol. The van der Waals surface area contributed by atoms with Crippen LogP contribution in [0.4, 0.5) is 13.2 Å². The van der Waals surface area contributed by atoms with Gasteiger partial charge in [-0.3, -0.25) is 4.79 Å². The molecular formula is C13H14F3NO2. The largest absolute Gasteiger partial charge is 0.496 e. The predicted octanol–water partition coefficient (Wildman–Crippen LogP) is 2.70. The van der Waals surface area contributed by atoms with Gasteiger partial charge in [0.1, 0.15) is 12.3 Å². The van der Waals surface area contributed by atoms with Crippen molar-refractivity contribution in [1.82, 2.24) is 5.32 Å². The van der Waals surface area contributed by atoms with Crippen LogP contribution in [0.1, 0.15) is 11.1 Å². The maximum absolute atomic E-state index is 11.9. The molecule has 0 atom stereocenters. The predicted molar refractivity (Wildman–Crippen MR) is 65.8 cm³/mol. The second kappa shape index (κ2) is 6.26. The Bertz CT molecular complexity index is 481. The van der Waals surface area contributed by atoms with Crippen molar-refractivity contribution in [2.24, 2.45) is 0 Å². The van der Waals surface area contributed by atoms with E-state index in [4.69, 9.17) is 4.74 Å². The van der Waals surface area contributed by atoms with Gasteiger partial charge in [-0.25, -0.2) is 0 Å². The first kappa shape index (κ1) is 15.1. The molecule has 6 heteroatoms. The van der Waals surface area contributed by atoms with Gasteiger partial charge in [-0.05, 0) is 25.1 Å². The van der Waals surface area contributed by atoms with Gasteiger partial charge in [0.2, 0.25) is 5.91 Å². The van der Waals surface area contributed by atoms with E-state index in [9.17, 15) is 18.0 Å². The number of carbonyl (C=O) groups is 1. The molecule has 0 fully saturated rings. The summed E-state index contributed by atoms with van der Waals surface area (Å²) in [4.78, 5) is 11.2. The molecule has 1 aromatic carbocycles. The summed E-state index contributed by atoms with van der Waals surface area (Å²) in [7, 11) is 1.48.